The Bertz CT molecular complexity index is 384. The first-order chi connectivity index (χ1) is 9.22. The summed E-state index contributed by atoms with van der Waals surface area (Å²) in [6.45, 7) is 8.81. The van der Waals surface area contributed by atoms with Crippen LogP contribution in [0.5, 0.6) is 0 Å². The number of hydrogen-bond acceptors (Lipinski definition) is 3. The smallest absolute Gasteiger partial charge is 0.154 e. The van der Waals surface area contributed by atoms with Crippen LogP contribution < -0.4 is 5.32 Å². The standard InChI is InChI=1S/C16H33NO2S/c1-6-7-8-11-20(18,19)15-12-13(16(2,3)4)9-10-14(15)17-5/h13-15,17H,6-12H2,1-5H3. The lowest BCUT2D eigenvalue weighted by Gasteiger charge is -2.41. The van der Waals surface area contributed by atoms with Crippen molar-refractivity contribution in [3.05, 3.63) is 0 Å². The fraction of sp³-hybridized carbons (Fsp3) is 1.00. The lowest BCUT2D eigenvalue weighted by Crippen LogP contribution is -2.49. The van der Waals surface area contributed by atoms with Gasteiger partial charge in [0.2, 0.25) is 0 Å². The van der Waals surface area contributed by atoms with Gasteiger partial charge in [0.15, 0.2) is 9.84 Å². The van der Waals surface area contributed by atoms with Crippen LogP contribution in [0.4, 0.5) is 0 Å². The Morgan fingerprint density at radius 2 is 1.80 bits per heavy atom. The Morgan fingerprint density at radius 1 is 1.15 bits per heavy atom. The normalized spacial score (nSPS) is 28.6. The number of rotatable bonds is 6. The van der Waals surface area contributed by atoms with E-state index in [0.29, 0.717) is 11.7 Å². The molecule has 1 fully saturated rings. The molecule has 3 atom stereocenters. The number of unbranched alkanes of at least 4 members (excludes halogenated alkanes) is 2. The van der Waals surface area contributed by atoms with Gasteiger partial charge in [-0.15, -0.1) is 0 Å². The fourth-order valence-corrected chi connectivity index (χ4v) is 5.55. The molecule has 1 aliphatic carbocycles. The highest BCUT2D eigenvalue weighted by molar-refractivity contribution is 7.92. The molecule has 0 aromatic rings. The van der Waals surface area contributed by atoms with Crippen molar-refractivity contribution >= 4 is 9.84 Å². The second kappa shape index (κ2) is 7.26. The number of sulfone groups is 1. The maximum Gasteiger partial charge on any atom is 0.154 e. The van der Waals surface area contributed by atoms with Crippen LogP contribution in [0.3, 0.4) is 0 Å². The summed E-state index contributed by atoms with van der Waals surface area (Å²) in [5.41, 5.74) is 0.204. The quantitative estimate of drug-likeness (QED) is 0.765. The Balaban J connectivity index is 2.80. The van der Waals surface area contributed by atoms with E-state index < -0.39 is 9.84 Å². The largest absolute Gasteiger partial charge is 0.316 e. The average molecular weight is 304 g/mol. The fourth-order valence-electron chi connectivity index (χ4n) is 3.35. The van der Waals surface area contributed by atoms with E-state index in [1.165, 1.54) is 0 Å². The molecule has 0 spiro atoms. The highest BCUT2D eigenvalue weighted by Gasteiger charge is 2.41. The third-order valence-corrected chi connectivity index (χ3v) is 7.18. The lowest BCUT2D eigenvalue weighted by molar-refractivity contribution is 0.164. The van der Waals surface area contributed by atoms with Crippen molar-refractivity contribution < 1.29 is 8.42 Å². The van der Waals surface area contributed by atoms with Gasteiger partial charge in [-0.05, 0) is 44.1 Å². The van der Waals surface area contributed by atoms with E-state index in [0.717, 1.165) is 38.5 Å². The summed E-state index contributed by atoms with van der Waals surface area (Å²) in [6.07, 6.45) is 5.83. The number of nitrogens with one attached hydrogen (secondary N) is 1. The van der Waals surface area contributed by atoms with Gasteiger partial charge >= 0.3 is 0 Å². The number of hydrogen-bond donors (Lipinski definition) is 1. The maximum atomic E-state index is 12.7. The second-order valence-electron chi connectivity index (χ2n) is 7.38. The van der Waals surface area contributed by atoms with Gasteiger partial charge in [0, 0.05) is 6.04 Å². The minimum absolute atomic E-state index is 0.139. The van der Waals surface area contributed by atoms with Crippen LogP contribution in [0.2, 0.25) is 0 Å². The molecule has 0 aliphatic heterocycles. The Labute approximate surface area is 125 Å². The molecule has 120 valence electrons. The molecular weight excluding hydrogens is 270 g/mol. The minimum Gasteiger partial charge on any atom is -0.316 e. The van der Waals surface area contributed by atoms with Crippen molar-refractivity contribution in [1.82, 2.24) is 5.32 Å². The molecule has 3 unspecified atom stereocenters. The molecule has 4 heteroatoms. The lowest BCUT2D eigenvalue weighted by atomic mass is 9.71. The van der Waals surface area contributed by atoms with Crippen molar-refractivity contribution in [3.8, 4) is 0 Å². The zero-order chi connectivity index (χ0) is 15.4. The van der Waals surface area contributed by atoms with Crippen molar-refractivity contribution in [2.75, 3.05) is 12.8 Å². The molecule has 1 N–H and O–H groups in total. The maximum absolute atomic E-state index is 12.7. The average Bonchev–Trinajstić information content (AvgIpc) is 2.37. The van der Waals surface area contributed by atoms with Gasteiger partial charge in [-0.25, -0.2) is 8.42 Å². The third-order valence-electron chi connectivity index (χ3n) is 4.88. The molecule has 0 aromatic carbocycles. The summed E-state index contributed by atoms with van der Waals surface area (Å²) in [7, 11) is -1.07. The molecule has 1 saturated carbocycles. The molecule has 3 nitrogen and oxygen atoms in total. The van der Waals surface area contributed by atoms with Crippen LogP contribution in [0.25, 0.3) is 0 Å². The topological polar surface area (TPSA) is 46.2 Å². The molecule has 1 aliphatic rings. The van der Waals surface area contributed by atoms with Gasteiger partial charge in [-0.3, -0.25) is 0 Å². The van der Waals surface area contributed by atoms with Gasteiger partial charge < -0.3 is 5.32 Å². The van der Waals surface area contributed by atoms with Crippen molar-refractivity contribution in [1.29, 1.82) is 0 Å². The minimum atomic E-state index is -2.97. The van der Waals surface area contributed by atoms with Gasteiger partial charge in [-0.2, -0.15) is 0 Å². The van der Waals surface area contributed by atoms with Crippen LogP contribution in [0.1, 0.15) is 66.2 Å². The molecule has 0 amide bonds. The highest BCUT2D eigenvalue weighted by Crippen LogP contribution is 2.40. The third kappa shape index (κ3) is 4.73. The summed E-state index contributed by atoms with van der Waals surface area (Å²) in [6, 6.07) is 0.139. The van der Waals surface area contributed by atoms with Gasteiger partial charge in [0.05, 0.1) is 11.0 Å². The van der Waals surface area contributed by atoms with Crippen LogP contribution in [0, 0.1) is 11.3 Å². The molecule has 0 radical (unpaired) electrons. The molecule has 1 rings (SSSR count). The monoisotopic (exact) mass is 303 g/mol. The van der Waals surface area contributed by atoms with Crippen molar-refractivity contribution in [3.63, 3.8) is 0 Å². The van der Waals surface area contributed by atoms with E-state index in [1.54, 1.807) is 0 Å². The van der Waals surface area contributed by atoms with Gasteiger partial charge in [0.1, 0.15) is 0 Å². The van der Waals surface area contributed by atoms with E-state index in [-0.39, 0.29) is 16.7 Å². The summed E-state index contributed by atoms with van der Waals surface area (Å²) in [5, 5.41) is 3.05. The summed E-state index contributed by atoms with van der Waals surface area (Å²) < 4.78 is 25.3. The highest BCUT2D eigenvalue weighted by atomic mass is 32.2. The van der Waals surface area contributed by atoms with Crippen molar-refractivity contribution in [2.24, 2.45) is 11.3 Å². The Hall–Kier alpha value is -0.0900. The first-order valence-corrected chi connectivity index (χ1v) is 9.82. The molecule has 0 saturated heterocycles. The van der Waals surface area contributed by atoms with Gasteiger partial charge in [0.25, 0.3) is 0 Å². The predicted molar refractivity (Wildman–Crippen MR) is 86.7 cm³/mol. The molecular formula is C16H33NO2S. The first-order valence-electron chi connectivity index (χ1n) is 8.11. The van der Waals surface area contributed by atoms with Crippen molar-refractivity contribution in [2.45, 2.75) is 77.5 Å². The zero-order valence-electron chi connectivity index (χ0n) is 13.9. The Kier molecular flexibility index (Phi) is 6.52. The van der Waals surface area contributed by atoms with Crippen LogP contribution >= 0.6 is 0 Å². The second-order valence-corrected chi connectivity index (χ2v) is 9.72. The predicted octanol–water partition coefficient (Wildman–Crippen LogP) is 3.39. The van der Waals surface area contributed by atoms with E-state index in [9.17, 15) is 8.42 Å². The van der Waals surface area contributed by atoms with E-state index in [1.807, 2.05) is 7.05 Å². The summed E-state index contributed by atoms with van der Waals surface area (Å²) in [5.74, 6) is 0.874. The molecule has 20 heavy (non-hydrogen) atoms. The first kappa shape index (κ1) is 18.0. The van der Waals surface area contributed by atoms with E-state index in [4.69, 9.17) is 0 Å². The summed E-state index contributed by atoms with van der Waals surface area (Å²) >= 11 is 0. The van der Waals surface area contributed by atoms with E-state index >= 15 is 0 Å². The van der Waals surface area contributed by atoms with Crippen LogP contribution in [0.15, 0.2) is 0 Å². The SMILES string of the molecule is CCCCCS(=O)(=O)C1CC(C(C)(C)C)CCC1NC. The molecule has 0 heterocycles. The van der Waals surface area contributed by atoms with Crippen LogP contribution in [-0.4, -0.2) is 32.5 Å². The summed E-state index contributed by atoms with van der Waals surface area (Å²) in [4.78, 5) is 0. The molecule has 0 aromatic heterocycles. The zero-order valence-corrected chi connectivity index (χ0v) is 14.7. The van der Waals surface area contributed by atoms with Crippen LogP contribution in [-0.2, 0) is 9.84 Å². The van der Waals surface area contributed by atoms with E-state index in [2.05, 4.69) is 33.0 Å². The Morgan fingerprint density at radius 3 is 2.30 bits per heavy atom. The molecule has 0 bridgehead atoms. The van der Waals surface area contributed by atoms with Gasteiger partial charge in [-0.1, -0.05) is 40.5 Å².